The smallest absolute Gasteiger partial charge is 0.223 e. The molecular formula is C25H45IN2O2. The first kappa shape index (κ1) is 27.4. The van der Waals surface area contributed by atoms with Gasteiger partial charge in [0.1, 0.15) is 0 Å². The minimum absolute atomic E-state index is 0.00957. The Labute approximate surface area is 199 Å². The fourth-order valence-corrected chi connectivity index (χ4v) is 5.00. The summed E-state index contributed by atoms with van der Waals surface area (Å²) in [4.78, 5) is 27.9. The Balaban J connectivity index is 3.28. The molecule has 0 radical (unpaired) electrons. The van der Waals surface area contributed by atoms with Gasteiger partial charge in [-0.1, -0.05) is 91.0 Å². The van der Waals surface area contributed by atoms with Crippen molar-refractivity contribution in [3.63, 3.8) is 0 Å². The van der Waals surface area contributed by atoms with Gasteiger partial charge in [-0.25, -0.2) is 0 Å². The highest BCUT2D eigenvalue weighted by atomic mass is 127. The Morgan fingerprint density at radius 2 is 1.70 bits per heavy atom. The summed E-state index contributed by atoms with van der Waals surface area (Å²) in [6, 6.07) is 0.159. The molecule has 2 atom stereocenters. The van der Waals surface area contributed by atoms with E-state index >= 15 is 0 Å². The molecule has 0 bridgehead atoms. The van der Waals surface area contributed by atoms with Crippen molar-refractivity contribution >= 4 is 34.4 Å². The van der Waals surface area contributed by atoms with E-state index < -0.39 is 0 Å². The Morgan fingerprint density at radius 1 is 1.13 bits per heavy atom. The molecule has 1 saturated heterocycles. The van der Waals surface area contributed by atoms with Crippen molar-refractivity contribution in [1.29, 1.82) is 0 Å². The van der Waals surface area contributed by atoms with E-state index in [0.29, 0.717) is 13.0 Å². The van der Waals surface area contributed by atoms with Crippen LogP contribution in [0.5, 0.6) is 0 Å². The number of amides is 2. The molecule has 1 heterocycles. The third-order valence-electron chi connectivity index (χ3n) is 7.23. The predicted octanol–water partition coefficient (Wildman–Crippen LogP) is 5.99. The van der Waals surface area contributed by atoms with E-state index in [1.165, 1.54) is 0 Å². The Kier molecular flexibility index (Phi) is 9.07. The molecule has 30 heavy (non-hydrogen) atoms. The molecule has 1 N–H and O–H groups in total. The summed E-state index contributed by atoms with van der Waals surface area (Å²) in [7, 11) is 0. The molecule has 0 aromatic heterocycles. The SMILES string of the molecule is C=CCNC(=O)C(CC(C)(C)I)C(C)(C)C(C)(C)CC(N1CCCC1=O)C(C)(C)C. The quantitative estimate of drug-likeness (QED) is 0.214. The molecule has 5 heteroatoms. The van der Waals surface area contributed by atoms with Crippen molar-refractivity contribution in [2.45, 2.75) is 97.5 Å². The van der Waals surface area contributed by atoms with Gasteiger partial charge >= 0.3 is 0 Å². The summed E-state index contributed by atoms with van der Waals surface area (Å²) in [5, 5.41) is 3.05. The number of hydrogen-bond acceptors (Lipinski definition) is 2. The second-order valence-electron chi connectivity index (χ2n) is 11.9. The molecule has 0 saturated carbocycles. The van der Waals surface area contributed by atoms with Gasteiger partial charge in [0.15, 0.2) is 0 Å². The van der Waals surface area contributed by atoms with Gasteiger partial charge in [0, 0.05) is 34.9 Å². The lowest BCUT2D eigenvalue weighted by Crippen LogP contribution is -2.53. The third kappa shape index (κ3) is 6.96. The lowest BCUT2D eigenvalue weighted by atomic mass is 9.56. The van der Waals surface area contributed by atoms with Crippen LogP contribution in [0.25, 0.3) is 0 Å². The highest BCUT2D eigenvalue weighted by Crippen LogP contribution is 2.52. The van der Waals surface area contributed by atoms with Crippen molar-refractivity contribution < 1.29 is 9.59 Å². The Hall–Kier alpha value is -0.590. The first-order valence-electron chi connectivity index (χ1n) is 11.3. The number of alkyl halides is 1. The average molecular weight is 533 g/mol. The topological polar surface area (TPSA) is 49.4 Å². The van der Waals surface area contributed by atoms with Crippen LogP contribution in [0.15, 0.2) is 12.7 Å². The lowest BCUT2D eigenvalue weighted by molar-refractivity contribution is -0.138. The molecular weight excluding hydrogens is 487 g/mol. The molecule has 1 aliphatic heterocycles. The second kappa shape index (κ2) is 9.91. The van der Waals surface area contributed by atoms with Crippen LogP contribution in [0.4, 0.5) is 0 Å². The highest BCUT2D eigenvalue weighted by Gasteiger charge is 2.50. The van der Waals surface area contributed by atoms with Crippen molar-refractivity contribution in [2.24, 2.45) is 22.2 Å². The molecule has 2 unspecified atom stereocenters. The predicted molar refractivity (Wildman–Crippen MR) is 136 cm³/mol. The zero-order valence-corrected chi connectivity index (χ0v) is 23.0. The summed E-state index contributed by atoms with van der Waals surface area (Å²) in [6.07, 6.45) is 5.02. The van der Waals surface area contributed by atoms with Crippen LogP contribution in [0, 0.1) is 22.2 Å². The maximum absolute atomic E-state index is 13.2. The number of halogens is 1. The third-order valence-corrected chi connectivity index (χ3v) is 7.67. The summed E-state index contributed by atoms with van der Waals surface area (Å²) in [5.74, 6) is 0.244. The second-order valence-corrected chi connectivity index (χ2v) is 14.8. The zero-order valence-electron chi connectivity index (χ0n) is 20.8. The molecule has 0 aromatic rings. The Bertz CT molecular complexity index is 626. The molecule has 0 spiro atoms. The molecule has 4 nitrogen and oxygen atoms in total. The first-order chi connectivity index (χ1) is 13.4. The van der Waals surface area contributed by atoms with Gasteiger partial charge in [-0.15, -0.1) is 6.58 Å². The molecule has 0 aromatic carbocycles. The highest BCUT2D eigenvalue weighted by molar-refractivity contribution is 14.1. The van der Waals surface area contributed by atoms with Crippen LogP contribution in [-0.2, 0) is 9.59 Å². The fourth-order valence-electron chi connectivity index (χ4n) is 4.56. The Morgan fingerprint density at radius 3 is 2.10 bits per heavy atom. The van der Waals surface area contributed by atoms with E-state index in [2.05, 4.69) is 102 Å². The van der Waals surface area contributed by atoms with Crippen LogP contribution in [0.1, 0.15) is 88.0 Å². The number of nitrogens with zero attached hydrogens (tertiary/aromatic N) is 1. The summed E-state index contributed by atoms with van der Waals surface area (Å²) in [5.41, 5.74) is -0.421. The van der Waals surface area contributed by atoms with E-state index in [1.807, 2.05) is 0 Å². The molecule has 0 aliphatic carbocycles. The number of nitrogens with one attached hydrogen (secondary N) is 1. The fraction of sp³-hybridized carbons (Fsp3) is 0.840. The van der Waals surface area contributed by atoms with Crippen molar-refractivity contribution in [2.75, 3.05) is 13.1 Å². The summed E-state index contributed by atoms with van der Waals surface area (Å²) in [6.45, 7) is 25.2. The van der Waals surface area contributed by atoms with Gasteiger partial charge in [0.2, 0.25) is 11.8 Å². The molecule has 1 aliphatic rings. The van der Waals surface area contributed by atoms with Crippen molar-refractivity contribution in [3.05, 3.63) is 12.7 Å². The van der Waals surface area contributed by atoms with Crippen LogP contribution in [0.3, 0.4) is 0 Å². The van der Waals surface area contributed by atoms with Gasteiger partial charge in [-0.2, -0.15) is 0 Å². The minimum Gasteiger partial charge on any atom is -0.352 e. The standard InChI is InChI=1S/C25H45IN2O2/c1-11-14-27-21(30)18(16-24(7,8)26)25(9,10)23(5,6)17-19(22(2,3)4)28-15-12-13-20(28)29/h11,18-19H,1,12-17H2,2-10H3,(H,27,30). The molecule has 1 rings (SSSR count). The van der Waals surface area contributed by atoms with Crippen LogP contribution in [-0.4, -0.2) is 39.3 Å². The van der Waals surface area contributed by atoms with Crippen LogP contribution >= 0.6 is 22.6 Å². The number of likely N-dealkylation sites (tertiary alicyclic amines) is 1. The van der Waals surface area contributed by atoms with Gasteiger partial charge < -0.3 is 10.2 Å². The van der Waals surface area contributed by atoms with Gasteiger partial charge in [-0.3, -0.25) is 9.59 Å². The maximum Gasteiger partial charge on any atom is 0.223 e. The molecule has 2 amide bonds. The van der Waals surface area contributed by atoms with E-state index in [0.717, 1.165) is 25.8 Å². The minimum atomic E-state index is -0.257. The van der Waals surface area contributed by atoms with E-state index in [-0.39, 0.29) is 43.4 Å². The largest absolute Gasteiger partial charge is 0.352 e. The van der Waals surface area contributed by atoms with Gasteiger partial charge in [0.25, 0.3) is 0 Å². The maximum atomic E-state index is 13.2. The molecule has 1 fully saturated rings. The number of carbonyl (C=O) groups is 2. The number of carbonyl (C=O) groups excluding carboxylic acids is 2. The van der Waals surface area contributed by atoms with E-state index in [9.17, 15) is 9.59 Å². The molecule has 174 valence electrons. The summed E-state index contributed by atoms with van der Waals surface area (Å²) < 4.78 is 0.00957. The van der Waals surface area contributed by atoms with Gasteiger partial charge in [-0.05, 0) is 35.5 Å². The monoisotopic (exact) mass is 532 g/mol. The van der Waals surface area contributed by atoms with Crippen LogP contribution in [0.2, 0.25) is 0 Å². The first-order valence-corrected chi connectivity index (χ1v) is 12.4. The number of hydrogen-bond donors (Lipinski definition) is 1. The lowest BCUT2D eigenvalue weighted by Gasteiger charge is -2.51. The van der Waals surface area contributed by atoms with Gasteiger partial charge in [0.05, 0.1) is 0 Å². The van der Waals surface area contributed by atoms with E-state index in [4.69, 9.17) is 0 Å². The zero-order chi connectivity index (χ0) is 23.5. The van der Waals surface area contributed by atoms with E-state index in [1.54, 1.807) is 6.08 Å². The number of rotatable bonds is 10. The van der Waals surface area contributed by atoms with Crippen LogP contribution < -0.4 is 5.32 Å². The summed E-state index contributed by atoms with van der Waals surface area (Å²) >= 11 is 2.45. The average Bonchev–Trinajstić information content (AvgIpc) is 2.99. The van der Waals surface area contributed by atoms with Crippen molar-refractivity contribution in [1.82, 2.24) is 10.2 Å². The van der Waals surface area contributed by atoms with Crippen molar-refractivity contribution in [3.8, 4) is 0 Å². The normalized spacial score (nSPS) is 18.3.